The first-order valence-electron chi connectivity index (χ1n) is 7.81. The number of pyridine rings is 2. The van der Waals surface area contributed by atoms with Gasteiger partial charge in [0.05, 0.1) is 22.8 Å². The number of nitrogens with zero attached hydrogens (tertiary/aromatic N) is 3. The van der Waals surface area contributed by atoms with Gasteiger partial charge in [-0.2, -0.15) is 5.26 Å². The van der Waals surface area contributed by atoms with E-state index in [4.69, 9.17) is 16.1 Å². The third kappa shape index (κ3) is 4.08. The number of hydrogen-bond donors (Lipinski definition) is 2. The third-order valence-electron chi connectivity index (χ3n) is 3.63. The maximum atomic E-state index is 11.0. The molecule has 0 spiro atoms. The van der Waals surface area contributed by atoms with Crippen LogP contribution in [0.4, 0.5) is 0 Å². The minimum absolute atomic E-state index is 0.316. The number of carbonyl (C=O) groups is 1. The molecule has 3 rings (SSSR count). The molecule has 0 radical (unpaired) electrons. The van der Waals surface area contributed by atoms with Crippen molar-refractivity contribution in [2.24, 2.45) is 5.73 Å². The van der Waals surface area contributed by atoms with E-state index in [0.29, 0.717) is 27.7 Å². The number of hydrogen-bond acceptors (Lipinski definition) is 6. The molecule has 0 unspecified atom stereocenters. The molecule has 0 atom stereocenters. The van der Waals surface area contributed by atoms with Crippen LogP contribution in [0.25, 0.3) is 33.6 Å². The van der Waals surface area contributed by atoms with Crippen LogP contribution >= 0.6 is 11.3 Å². The van der Waals surface area contributed by atoms with E-state index in [1.807, 2.05) is 36.4 Å². The Bertz CT molecular complexity index is 1090. The lowest BCUT2D eigenvalue weighted by Gasteiger charge is -2.07. The molecule has 0 aliphatic carbocycles. The molecule has 0 aromatic carbocycles. The molecule has 0 aliphatic rings. The van der Waals surface area contributed by atoms with E-state index in [9.17, 15) is 4.79 Å². The van der Waals surface area contributed by atoms with Crippen LogP contribution < -0.4 is 5.73 Å². The van der Waals surface area contributed by atoms with Gasteiger partial charge in [-0.1, -0.05) is 12.6 Å². The minimum Gasteiger partial charge on any atom is -0.477 e. The van der Waals surface area contributed by atoms with Crippen molar-refractivity contribution in [1.82, 2.24) is 9.97 Å². The zero-order valence-electron chi connectivity index (χ0n) is 14.1. The highest BCUT2D eigenvalue weighted by atomic mass is 32.1. The Kier molecular flexibility index (Phi) is 5.11. The molecule has 0 bridgehead atoms. The van der Waals surface area contributed by atoms with Gasteiger partial charge in [-0.25, -0.2) is 9.78 Å². The Morgan fingerprint density at radius 1 is 1.26 bits per heavy atom. The van der Waals surface area contributed by atoms with E-state index in [1.165, 1.54) is 17.4 Å². The Balaban J connectivity index is 2.07. The maximum Gasteiger partial charge on any atom is 0.346 e. The summed E-state index contributed by atoms with van der Waals surface area (Å²) in [6.45, 7) is 3.76. The number of thiophene rings is 1. The molecule has 0 saturated heterocycles. The highest BCUT2D eigenvalue weighted by Gasteiger charge is 2.11. The largest absolute Gasteiger partial charge is 0.477 e. The SMILES string of the molecule is C=C(N)c1cc(-c2ccc(/C=C(\C#N)C(=O)O)s2)cc(-c2ccccn2)n1. The first-order valence-corrected chi connectivity index (χ1v) is 8.63. The topological polar surface area (TPSA) is 113 Å². The Hall–Kier alpha value is -3.76. The van der Waals surface area contributed by atoms with Crippen molar-refractivity contribution in [3.8, 4) is 27.9 Å². The van der Waals surface area contributed by atoms with Crippen molar-refractivity contribution in [2.45, 2.75) is 0 Å². The summed E-state index contributed by atoms with van der Waals surface area (Å²) in [7, 11) is 0. The monoisotopic (exact) mass is 374 g/mol. The third-order valence-corrected chi connectivity index (χ3v) is 4.71. The fourth-order valence-electron chi connectivity index (χ4n) is 2.35. The maximum absolute atomic E-state index is 11.0. The minimum atomic E-state index is -1.25. The summed E-state index contributed by atoms with van der Waals surface area (Å²) < 4.78 is 0. The van der Waals surface area contributed by atoms with Crippen LogP contribution in [0.1, 0.15) is 10.6 Å². The lowest BCUT2D eigenvalue weighted by atomic mass is 10.1. The van der Waals surface area contributed by atoms with Crippen LogP contribution in [-0.2, 0) is 4.79 Å². The van der Waals surface area contributed by atoms with Crippen molar-refractivity contribution < 1.29 is 9.90 Å². The van der Waals surface area contributed by atoms with Crippen LogP contribution in [0, 0.1) is 11.3 Å². The quantitative estimate of drug-likeness (QED) is 0.519. The summed E-state index contributed by atoms with van der Waals surface area (Å²) in [6, 6.07) is 14.5. The molecule has 0 aliphatic heterocycles. The van der Waals surface area contributed by atoms with Gasteiger partial charge in [-0.15, -0.1) is 11.3 Å². The van der Waals surface area contributed by atoms with Gasteiger partial charge in [0.25, 0.3) is 0 Å². The van der Waals surface area contributed by atoms with E-state index in [1.54, 1.807) is 18.3 Å². The van der Waals surface area contributed by atoms with Gasteiger partial charge < -0.3 is 10.8 Å². The zero-order valence-corrected chi connectivity index (χ0v) is 14.9. The van der Waals surface area contributed by atoms with Crippen molar-refractivity contribution in [2.75, 3.05) is 0 Å². The summed E-state index contributed by atoms with van der Waals surface area (Å²) >= 11 is 1.36. The van der Waals surface area contributed by atoms with Gasteiger partial charge in [0.1, 0.15) is 11.6 Å². The summed E-state index contributed by atoms with van der Waals surface area (Å²) in [5.74, 6) is -1.25. The predicted molar refractivity (Wildman–Crippen MR) is 105 cm³/mol. The summed E-state index contributed by atoms with van der Waals surface area (Å²) in [5, 5.41) is 17.9. The molecule has 27 heavy (non-hydrogen) atoms. The number of carboxylic acid groups (broad SMARTS) is 1. The molecule has 6 nitrogen and oxygen atoms in total. The molecule has 132 valence electrons. The van der Waals surface area contributed by atoms with Crippen LogP contribution in [0.15, 0.2) is 60.8 Å². The number of aromatic nitrogens is 2. The second kappa shape index (κ2) is 7.64. The molecule has 0 fully saturated rings. The standard InChI is InChI=1S/C20H14N4O2S/c1-12(22)17-9-13(10-18(24-17)16-4-2-3-7-23-16)19-6-5-15(27-19)8-14(11-21)20(25)26/h2-10H,1,22H2,(H,25,26)/b14-8+. The summed E-state index contributed by atoms with van der Waals surface area (Å²) in [6.07, 6.45) is 3.03. The van der Waals surface area contributed by atoms with Crippen LogP contribution in [-0.4, -0.2) is 21.0 Å². The number of carboxylic acids is 1. The number of aliphatic carboxylic acids is 1. The zero-order chi connectivity index (χ0) is 19.4. The average Bonchev–Trinajstić information content (AvgIpc) is 3.15. The molecular weight excluding hydrogens is 360 g/mol. The average molecular weight is 374 g/mol. The van der Waals surface area contributed by atoms with Gasteiger partial charge in [-0.3, -0.25) is 4.98 Å². The second-order valence-electron chi connectivity index (χ2n) is 5.54. The van der Waals surface area contributed by atoms with Gasteiger partial charge in [0.15, 0.2) is 0 Å². The molecule has 0 amide bonds. The Morgan fingerprint density at radius 2 is 2.07 bits per heavy atom. The van der Waals surface area contributed by atoms with E-state index in [2.05, 4.69) is 16.5 Å². The number of nitrogens with two attached hydrogens (primary N) is 1. The number of rotatable bonds is 5. The van der Waals surface area contributed by atoms with E-state index in [0.717, 1.165) is 10.4 Å². The smallest absolute Gasteiger partial charge is 0.346 e. The Labute approximate surface area is 159 Å². The molecule has 3 heterocycles. The van der Waals surface area contributed by atoms with E-state index < -0.39 is 5.97 Å². The van der Waals surface area contributed by atoms with Crippen molar-refractivity contribution in [1.29, 1.82) is 5.26 Å². The summed E-state index contributed by atoms with van der Waals surface area (Å²) in [4.78, 5) is 21.4. The molecule has 0 saturated carbocycles. The fourth-order valence-corrected chi connectivity index (χ4v) is 3.29. The van der Waals surface area contributed by atoms with Gasteiger partial charge in [0, 0.05) is 16.0 Å². The van der Waals surface area contributed by atoms with Gasteiger partial charge in [-0.05, 0) is 48.0 Å². The molecule has 3 N–H and O–H groups in total. The normalized spacial score (nSPS) is 11.0. The lowest BCUT2D eigenvalue weighted by Crippen LogP contribution is -1.99. The van der Waals surface area contributed by atoms with E-state index >= 15 is 0 Å². The highest BCUT2D eigenvalue weighted by molar-refractivity contribution is 7.16. The first kappa shape index (κ1) is 18.0. The Morgan fingerprint density at radius 3 is 2.70 bits per heavy atom. The van der Waals surface area contributed by atoms with Crippen LogP contribution in [0.3, 0.4) is 0 Å². The fraction of sp³-hybridized carbons (Fsp3) is 0. The van der Waals surface area contributed by atoms with Gasteiger partial charge in [0.2, 0.25) is 0 Å². The molecule has 7 heteroatoms. The molecule has 3 aromatic heterocycles. The molecular formula is C20H14N4O2S. The van der Waals surface area contributed by atoms with Crippen LogP contribution in [0.2, 0.25) is 0 Å². The van der Waals surface area contributed by atoms with Gasteiger partial charge >= 0.3 is 5.97 Å². The summed E-state index contributed by atoms with van der Waals surface area (Å²) in [5.41, 5.74) is 8.62. The van der Waals surface area contributed by atoms with Crippen LogP contribution in [0.5, 0.6) is 0 Å². The lowest BCUT2D eigenvalue weighted by molar-refractivity contribution is -0.132. The molecule has 3 aromatic rings. The highest BCUT2D eigenvalue weighted by Crippen LogP contribution is 2.32. The predicted octanol–water partition coefficient (Wildman–Crippen LogP) is 3.79. The van der Waals surface area contributed by atoms with Crippen molar-refractivity contribution >= 4 is 29.1 Å². The van der Waals surface area contributed by atoms with E-state index in [-0.39, 0.29) is 5.57 Å². The second-order valence-corrected chi connectivity index (χ2v) is 6.66. The van der Waals surface area contributed by atoms with Crippen molar-refractivity contribution in [3.63, 3.8) is 0 Å². The van der Waals surface area contributed by atoms with Crippen molar-refractivity contribution in [3.05, 3.63) is 71.4 Å². The first-order chi connectivity index (χ1) is 13.0. The number of nitriles is 1.